The van der Waals surface area contributed by atoms with Crippen molar-refractivity contribution in [3.8, 4) is 11.5 Å². The second-order valence-electron chi connectivity index (χ2n) is 9.41. The lowest BCUT2D eigenvalue weighted by Gasteiger charge is -2.31. The minimum atomic E-state index is -0.884. The zero-order chi connectivity index (χ0) is 28.3. The lowest BCUT2D eigenvalue weighted by molar-refractivity contribution is -0.140. The van der Waals surface area contributed by atoms with E-state index < -0.39 is 23.7 Å². The number of nitrogens with one attached hydrogen (secondary N) is 1. The van der Waals surface area contributed by atoms with Crippen LogP contribution in [0.25, 0.3) is 5.76 Å². The average Bonchev–Trinajstić information content (AvgIpc) is 3.38. The molecule has 210 valence electrons. The first-order chi connectivity index (χ1) is 18.7. The van der Waals surface area contributed by atoms with Crippen LogP contribution < -0.4 is 9.47 Å². The van der Waals surface area contributed by atoms with Crippen molar-refractivity contribution in [2.45, 2.75) is 26.8 Å². The number of aromatic amines is 1. The molecule has 0 aliphatic carbocycles. The van der Waals surface area contributed by atoms with Gasteiger partial charge in [0.25, 0.3) is 11.7 Å². The third-order valence-electron chi connectivity index (χ3n) is 7.18. The highest BCUT2D eigenvalue weighted by Gasteiger charge is 2.46. The van der Waals surface area contributed by atoms with Crippen LogP contribution in [0, 0.1) is 13.8 Å². The number of carbonyl (C=O) groups is 3. The number of rotatable bonds is 9. The van der Waals surface area contributed by atoms with Gasteiger partial charge >= 0.3 is 5.97 Å². The van der Waals surface area contributed by atoms with E-state index in [2.05, 4.69) is 9.88 Å². The number of carbonyl (C=O) groups excluding carboxylic acids is 3. The molecule has 2 N–H and O–H groups in total. The van der Waals surface area contributed by atoms with Gasteiger partial charge in [0.15, 0.2) is 11.5 Å². The zero-order valence-electron chi connectivity index (χ0n) is 23.0. The number of ketones is 1. The van der Waals surface area contributed by atoms with E-state index in [-0.39, 0.29) is 35.7 Å². The molecule has 2 fully saturated rings. The lowest BCUT2D eigenvalue weighted by Crippen LogP contribution is -2.42. The van der Waals surface area contributed by atoms with Crippen molar-refractivity contribution in [2.24, 2.45) is 0 Å². The van der Waals surface area contributed by atoms with Crippen LogP contribution >= 0.6 is 0 Å². The summed E-state index contributed by atoms with van der Waals surface area (Å²) >= 11 is 0. The molecule has 39 heavy (non-hydrogen) atoms. The molecule has 1 aromatic carbocycles. The van der Waals surface area contributed by atoms with E-state index in [1.807, 2.05) is 0 Å². The van der Waals surface area contributed by atoms with Gasteiger partial charge in [-0.15, -0.1) is 0 Å². The fourth-order valence-electron chi connectivity index (χ4n) is 5.20. The molecule has 1 atom stereocenters. The summed E-state index contributed by atoms with van der Waals surface area (Å²) < 4.78 is 21.4. The molecular formula is C28H35N3O8. The van der Waals surface area contributed by atoms with E-state index in [1.54, 1.807) is 39.0 Å². The van der Waals surface area contributed by atoms with Gasteiger partial charge in [-0.05, 0) is 44.0 Å². The summed E-state index contributed by atoms with van der Waals surface area (Å²) in [5.41, 5.74) is 1.88. The molecule has 0 saturated carbocycles. The average molecular weight is 542 g/mol. The predicted octanol–water partition coefficient (Wildman–Crippen LogP) is 2.58. The molecule has 0 bridgehead atoms. The van der Waals surface area contributed by atoms with Crippen LogP contribution in [0.15, 0.2) is 23.8 Å². The molecule has 0 spiro atoms. The Morgan fingerprint density at radius 3 is 2.44 bits per heavy atom. The van der Waals surface area contributed by atoms with Gasteiger partial charge in [0.1, 0.15) is 11.5 Å². The zero-order valence-corrected chi connectivity index (χ0v) is 23.0. The smallest absolute Gasteiger partial charge is 0.355 e. The minimum absolute atomic E-state index is 0.0604. The number of likely N-dealkylation sites (tertiary alicyclic amines) is 1. The van der Waals surface area contributed by atoms with Crippen LogP contribution in [0.5, 0.6) is 11.5 Å². The minimum Gasteiger partial charge on any atom is -0.507 e. The highest BCUT2D eigenvalue weighted by molar-refractivity contribution is 6.46. The number of aliphatic hydroxyl groups is 1. The van der Waals surface area contributed by atoms with Crippen LogP contribution in [-0.2, 0) is 19.1 Å². The van der Waals surface area contributed by atoms with E-state index >= 15 is 0 Å². The maximum atomic E-state index is 13.5. The number of hydrogen-bond donors (Lipinski definition) is 2. The van der Waals surface area contributed by atoms with Crippen molar-refractivity contribution < 1.29 is 38.4 Å². The van der Waals surface area contributed by atoms with Gasteiger partial charge in [0.05, 0.1) is 45.7 Å². The third-order valence-corrected chi connectivity index (χ3v) is 7.18. The number of ether oxygens (including phenoxy) is 4. The number of benzene rings is 1. The van der Waals surface area contributed by atoms with Crippen molar-refractivity contribution in [1.29, 1.82) is 0 Å². The van der Waals surface area contributed by atoms with E-state index in [4.69, 9.17) is 18.9 Å². The number of esters is 1. The summed E-state index contributed by atoms with van der Waals surface area (Å²) in [5.74, 6) is -1.52. The molecule has 4 rings (SSSR count). The van der Waals surface area contributed by atoms with Crippen LogP contribution in [0.1, 0.15) is 45.8 Å². The van der Waals surface area contributed by atoms with Crippen molar-refractivity contribution in [3.63, 3.8) is 0 Å². The molecule has 11 heteroatoms. The molecule has 11 nitrogen and oxygen atoms in total. The molecular weight excluding hydrogens is 506 g/mol. The standard InChI is InChI=1S/C28H35N3O8/c1-6-39-28(35)23-16(2)21(17(3)29-23)25(32)22-24(18-7-8-19(36-4)20(15-18)37-5)31(27(34)26(22)33)10-9-30-11-13-38-14-12-30/h7-8,15,24,29,32H,6,9-14H2,1-5H3. The van der Waals surface area contributed by atoms with E-state index in [1.165, 1.54) is 19.1 Å². The molecule has 2 saturated heterocycles. The van der Waals surface area contributed by atoms with Crippen LogP contribution in [0.4, 0.5) is 0 Å². The molecule has 3 heterocycles. The van der Waals surface area contributed by atoms with Crippen LogP contribution in [0.3, 0.4) is 0 Å². The number of aryl methyl sites for hydroxylation is 1. The summed E-state index contributed by atoms with van der Waals surface area (Å²) in [4.78, 5) is 46.0. The number of amides is 1. The molecule has 1 aromatic heterocycles. The van der Waals surface area contributed by atoms with Gasteiger partial charge in [0.2, 0.25) is 0 Å². The Bertz CT molecular complexity index is 1290. The van der Waals surface area contributed by atoms with Crippen molar-refractivity contribution in [3.05, 3.63) is 51.9 Å². The van der Waals surface area contributed by atoms with Crippen molar-refractivity contribution in [2.75, 3.05) is 60.2 Å². The second kappa shape index (κ2) is 11.9. The summed E-state index contributed by atoms with van der Waals surface area (Å²) in [5, 5.41) is 11.6. The second-order valence-corrected chi connectivity index (χ2v) is 9.41. The number of Topliss-reactive ketones (excluding diaryl/α,β-unsaturated/α-hetero) is 1. The van der Waals surface area contributed by atoms with E-state index in [0.29, 0.717) is 48.1 Å². The summed E-state index contributed by atoms with van der Waals surface area (Å²) in [6.45, 7) is 8.69. The van der Waals surface area contributed by atoms with Crippen molar-refractivity contribution >= 4 is 23.4 Å². The lowest BCUT2D eigenvalue weighted by atomic mass is 9.93. The molecule has 1 amide bonds. The van der Waals surface area contributed by atoms with Crippen LogP contribution in [-0.4, -0.2) is 97.8 Å². The highest BCUT2D eigenvalue weighted by atomic mass is 16.5. The molecule has 2 aliphatic rings. The maximum Gasteiger partial charge on any atom is 0.355 e. The van der Waals surface area contributed by atoms with Crippen LogP contribution in [0.2, 0.25) is 0 Å². The fraction of sp³-hybridized carbons (Fsp3) is 0.464. The summed E-state index contributed by atoms with van der Waals surface area (Å²) in [6.07, 6.45) is 0. The molecule has 2 aliphatic heterocycles. The first kappa shape index (κ1) is 28.2. The topological polar surface area (TPSA) is 131 Å². The SMILES string of the molecule is CCOC(=O)c1[nH]c(C)c(C(O)=C2C(=O)C(=O)N(CCN3CCOCC3)C2c2ccc(OC)c(OC)c2)c1C. The first-order valence-electron chi connectivity index (χ1n) is 12.9. The quantitative estimate of drug-likeness (QED) is 0.213. The maximum absolute atomic E-state index is 13.5. The van der Waals surface area contributed by atoms with Gasteiger partial charge in [-0.25, -0.2) is 4.79 Å². The third kappa shape index (κ3) is 5.37. The number of aromatic nitrogens is 1. The molecule has 2 aromatic rings. The van der Waals surface area contributed by atoms with Crippen molar-refractivity contribution in [1.82, 2.24) is 14.8 Å². The number of aliphatic hydroxyl groups excluding tert-OH is 1. The fourth-order valence-corrected chi connectivity index (χ4v) is 5.20. The first-order valence-corrected chi connectivity index (χ1v) is 12.9. The van der Waals surface area contributed by atoms with Gasteiger partial charge in [0, 0.05) is 37.4 Å². The van der Waals surface area contributed by atoms with E-state index in [0.717, 1.165) is 13.1 Å². The predicted molar refractivity (Wildman–Crippen MR) is 142 cm³/mol. The Balaban J connectivity index is 1.83. The molecule has 0 radical (unpaired) electrons. The number of H-pyrrole nitrogens is 1. The number of morpholine rings is 1. The highest BCUT2D eigenvalue weighted by Crippen LogP contribution is 2.43. The normalized spacial score (nSPS) is 19.4. The van der Waals surface area contributed by atoms with Gasteiger partial charge in [-0.3, -0.25) is 14.5 Å². The Morgan fingerprint density at radius 2 is 1.79 bits per heavy atom. The summed E-state index contributed by atoms with van der Waals surface area (Å²) in [7, 11) is 3.02. The monoisotopic (exact) mass is 541 g/mol. The Kier molecular flexibility index (Phi) is 8.61. The van der Waals surface area contributed by atoms with E-state index in [9.17, 15) is 19.5 Å². The Labute approximate surface area is 227 Å². The number of hydrogen-bond acceptors (Lipinski definition) is 9. The van der Waals surface area contributed by atoms with Gasteiger partial charge < -0.3 is 33.9 Å². The Morgan fingerprint density at radius 1 is 1.10 bits per heavy atom. The number of methoxy groups -OCH3 is 2. The largest absolute Gasteiger partial charge is 0.507 e. The van der Waals surface area contributed by atoms with Gasteiger partial charge in [-0.1, -0.05) is 6.07 Å². The summed E-state index contributed by atoms with van der Waals surface area (Å²) in [6, 6.07) is 4.26. The Hall–Kier alpha value is -3.83. The van der Waals surface area contributed by atoms with Gasteiger partial charge in [-0.2, -0.15) is 0 Å². The number of nitrogens with zero attached hydrogens (tertiary/aromatic N) is 2. The molecule has 1 unspecified atom stereocenters.